The number of hydrogen-bond acceptors (Lipinski definition) is 6. The van der Waals surface area contributed by atoms with Crippen molar-refractivity contribution in [3.63, 3.8) is 0 Å². The molecule has 0 amide bonds. The Morgan fingerprint density at radius 1 is 1.15 bits per heavy atom. The van der Waals surface area contributed by atoms with Gasteiger partial charge in [-0.25, -0.2) is 4.98 Å². The second-order valence-electron chi connectivity index (χ2n) is 5.71. The van der Waals surface area contributed by atoms with E-state index in [1.165, 1.54) is 12.3 Å². The van der Waals surface area contributed by atoms with Gasteiger partial charge in [-0.2, -0.15) is 23.3 Å². The van der Waals surface area contributed by atoms with Gasteiger partial charge in [-0.15, -0.1) is 11.3 Å². The van der Waals surface area contributed by atoms with E-state index in [4.69, 9.17) is 4.42 Å². The van der Waals surface area contributed by atoms with Gasteiger partial charge in [-0.3, -0.25) is 0 Å². The summed E-state index contributed by atoms with van der Waals surface area (Å²) in [5, 5.41) is 16.5. The molecule has 0 bridgehead atoms. The number of nitrogens with zero attached hydrogens (tertiary/aromatic N) is 3. The lowest BCUT2D eigenvalue weighted by molar-refractivity contribution is -0.254. The molecule has 5 nitrogen and oxygen atoms in total. The van der Waals surface area contributed by atoms with E-state index in [1.807, 2.05) is 18.2 Å². The van der Waals surface area contributed by atoms with E-state index in [9.17, 15) is 18.3 Å². The third kappa shape index (κ3) is 2.69. The zero-order chi connectivity index (χ0) is 18.4. The number of hydrazone groups is 1. The number of rotatable bonds is 3. The SMILES string of the molecule is O[C@]1(C(F)(F)F)CC(c2ccco2)=NN1c1nc(-c2ccccc2)cs1. The van der Waals surface area contributed by atoms with Gasteiger partial charge in [0, 0.05) is 10.9 Å². The van der Waals surface area contributed by atoms with Crippen molar-refractivity contribution < 1.29 is 22.7 Å². The van der Waals surface area contributed by atoms with Crippen LogP contribution in [0.2, 0.25) is 0 Å². The zero-order valence-electron chi connectivity index (χ0n) is 13.1. The smallest absolute Gasteiger partial charge is 0.438 e. The molecule has 0 unspecified atom stereocenters. The molecule has 1 aliphatic rings. The molecule has 9 heteroatoms. The Bertz CT molecular complexity index is 938. The molecular weight excluding hydrogens is 367 g/mol. The summed E-state index contributed by atoms with van der Waals surface area (Å²) in [7, 11) is 0. The number of aromatic nitrogens is 1. The molecule has 3 heterocycles. The maximum atomic E-state index is 13.6. The van der Waals surface area contributed by atoms with Gasteiger partial charge in [0.05, 0.1) is 18.4 Å². The average Bonchev–Trinajstić information content (AvgIpc) is 3.34. The monoisotopic (exact) mass is 379 g/mol. The molecule has 1 atom stereocenters. The third-order valence-electron chi connectivity index (χ3n) is 3.99. The molecule has 1 N–H and O–H groups in total. The first kappa shape index (κ1) is 16.8. The van der Waals surface area contributed by atoms with Crippen molar-refractivity contribution in [3.8, 4) is 11.3 Å². The molecule has 4 rings (SSSR count). The third-order valence-corrected chi connectivity index (χ3v) is 4.80. The predicted octanol–water partition coefficient (Wildman–Crippen LogP) is 4.27. The van der Waals surface area contributed by atoms with Gasteiger partial charge < -0.3 is 9.52 Å². The summed E-state index contributed by atoms with van der Waals surface area (Å²) in [6.07, 6.45) is -4.34. The van der Waals surface area contributed by atoms with Crippen LogP contribution in [0, 0.1) is 0 Å². The van der Waals surface area contributed by atoms with Crippen LogP contribution in [0.15, 0.2) is 63.6 Å². The minimum Gasteiger partial charge on any atom is -0.463 e. The number of halogens is 3. The van der Waals surface area contributed by atoms with E-state index >= 15 is 0 Å². The Kier molecular flexibility index (Phi) is 3.85. The van der Waals surface area contributed by atoms with E-state index < -0.39 is 18.3 Å². The quantitative estimate of drug-likeness (QED) is 0.738. The van der Waals surface area contributed by atoms with Gasteiger partial charge in [0.25, 0.3) is 5.72 Å². The van der Waals surface area contributed by atoms with E-state index in [1.54, 1.807) is 23.6 Å². The fraction of sp³-hybridized carbons (Fsp3) is 0.176. The van der Waals surface area contributed by atoms with Crippen molar-refractivity contribution in [3.05, 3.63) is 59.9 Å². The Morgan fingerprint density at radius 3 is 2.58 bits per heavy atom. The Hall–Kier alpha value is -2.65. The Labute approximate surface area is 150 Å². The average molecular weight is 379 g/mol. The zero-order valence-corrected chi connectivity index (χ0v) is 14.0. The number of anilines is 1. The maximum Gasteiger partial charge on any atom is 0.438 e. The highest BCUT2D eigenvalue weighted by Gasteiger charge is 2.63. The second-order valence-corrected chi connectivity index (χ2v) is 6.54. The first-order valence-electron chi connectivity index (χ1n) is 7.60. The van der Waals surface area contributed by atoms with Crippen molar-refractivity contribution in [1.82, 2.24) is 4.98 Å². The fourth-order valence-corrected chi connectivity index (χ4v) is 3.50. The summed E-state index contributed by atoms with van der Waals surface area (Å²) in [6.45, 7) is 0. The molecule has 0 saturated carbocycles. The van der Waals surface area contributed by atoms with Crippen molar-refractivity contribution in [1.29, 1.82) is 0 Å². The van der Waals surface area contributed by atoms with Gasteiger partial charge in [-0.05, 0) is 12.1 Å². The topological polar surface area (TPSA) is 61.9 Å². The van der Waals surface area contributed by atoms with Crippen LogP contribution in [-0.4, -0.2) is 27.7 Å². The highest BCUT2D eigenvalue weighted by atomic mass is 32.1. The van der Waals surface area contributed by atoms with Crippen LogP contribution in [0.1, 0.15) is 12.2 Å². The van der Waals surface area contributed by atoms with Crippen LogP contribution in [0.5, 0.6) is 0 Å². The largest absolute Gasteiger partial charge is 0.463 e. The molecule has 1 aliphatic heterocycles. The van der Waals surface area contributed by atoms with Gasteiger partial charge in [0.1, 0.15) is 11.5 Å². The molecule has 0 radical (unpaired) electrons. The predicted molar refractivity (Wildman–Crippen MR) is 90.9 cm³/mol. The van der Waals surface area contributed by atoms with E-state index in [0.717, 1.165) is 16.9 Å². The van der Waals surface area contributed by atoms with Gasteiger partial charge in [0.2, 0.25) is 5.13 Å². The van der Waals surface area contributed by atoms with Crippen LogP contribution in [0.3, 0.4) is 0 Å². The molecule has 26 heavy (non-hydrogen) atoms. The molecule has 0 fully saturated rings. The minimum absolute atomic E-state index is 0.00582. The number of furan rings is 1. The van der Waals surface area contributed by atoms with Crippen LogP contribution >= 0.6 is 11.3 Å². The Morgan fingerprint density at radius 2 is 1.92 bits per heavy atom. The lowest BCUT2D eigenvalue weighted by Gasteiger charge is -2.32. The minimum atomic E-state index is -4.93. The van der Waals surface area contributed by atoms with Gasteiger partial charge in [-0.1, -0.05) is 30.3 Å². The van der Waals surface area contributed by atoms with E-state index in [2.05, 4.69) is 10.1 Å². The van der Waals surface area contributed by atoms with Gasteiger partial charge in [0.15, 0.2) is 0 Å². The highest BCUT2D eigenvalue weighted by molar-refractivity contribution is 7.14. The van der Waals surface area contributed by atoms with Crippen molar-refractivity contribution >= 4 is 22.2 Å². The molecular formula is C17H12F3N3O2S. The summed E-state index contributed by atoms with van der Waals surface area (Å²) in [5.41, 5.74) is -1.90. The molecule has 0 aliphatic carbocycles. The Balaban J connectivity index is 1.76. The second kappa shape index (κ2) is 5.96. The fourth-order valence-electron chi connectivity index (χ4n) is 2.65. The van der Waals surface area contributed by atoms with Crippen molar-refractivity contribution in [2.24, 2.45) is 5.10 Å². The van der Waals surface area contributed by atoms with Gasteiger partial charge >= 0.3 is 6.18 Å². The number of alkyl halides is 3. The number of thiazole rings is 1. The first-order chi connectivity index (χ1) is 12.4. The summed E-state index contributed by atoms with van der Waals surface area (Å²) >= 11 is 0.976. The van der Waals surface area contributed by atoms with Crippen LogP contribution in [-0.2, 0) is 0 Å². The molecule has 2 aromatic heterocycles. The van der Waals surface area contributed by atoms with Crippen LogP contribution in [0.25, 0.3) is 11.3 Å². The number of benzene rings is 1. The van der Waals surface area contributed by atoms with Crippen molar-refractivity contribution in [2.75, 3.05) is 5.01 Å². The molecule has 0 spiro atoms. The van der Waals surface area contributed by atoms with Crippen LogP contribution in [0.4, 0.5) is 18.3 Å². The summed E-state index contributed by atoms with van der Waals surface area (Å²) in [6, 6.07) is 12.1. The summed E-state index contributed by atoms with van der Waals surface area (Å²) in [5.74, 6) is 0.176. The number of aliphatic hydroxyl groups is 1. The molecule has 134 valence electrons. The van der Waals surface area contributed by atoms with Crippen molar-refractivity contribution in [2.45, 2.75) is 18.3 Å². The molecule has 1 aromatic carbocycles. The van der Waals surface area contributed by atoms with E-state index in [0.29, 0.717) is 10.7 Å². The lowest BCUT2D eigenvalue weighted by Crippen LogP contribution is -2.55. The molecule has 0 saturated heterocycles. The normalized spacial score (nSPS) is 20.5. The summed E-state index contributed by atoms with van der Waals surface area (Å²) < 4.78 is 45.9. The van der Waals surface area contributed by atoms with E-state index in [-0.39, 0.29) is 16.6 Å². The first-order valence-corrected chi connectivity index (χ1v) is 8.48. The standard InChI is InChI=1S/C17H12F3N3O2S/c18-17(19,20)16(24)9-12(14-7-4-8-25-14)22-23(16)15-21-13(10-26-15)11-5-2-1-3-6-11/h1-8,10,24H,9H2/t16-/m0/s1. The number of hydrogen-bond donors (Lipinski definition) is 1. The lowest BCUT2D eigenvalue weighted by atomic mass is 10.1. The highest BCUT2D eigenvalue weighted by Crippen LogP contribution is 2.45. The molecule has 3 aromatic rings. The maximum absolute atomic E-state index is 13.6. The van der Waals surface area contributed by atoms with Crippen LogP contribution < -0.4 is 5.01 Å². The summed E-state index contributed by atoms with van der Waals surface area (Å²) in [4.78, 5) is 4.23.